The van der Waals surface area contributed by atoms with Crippen LogP contribution >= 0.6 is 23.2 Å². The van der Waals surface area contributed by atoms with E-state index < -0.39 is 0 Å². The summed E-state index contributed by atoms with van der Waals surface area (Å²) >= 11 is 12.3. The highest BCUT2D eigenvalue weighted by molar-refractivity contribution is 6.35. The zero-order chi connectivity index (χ0) is 13.8. The number of hydrogen-bond donors (Lipinski definition) is 0. The maximum absolute atomic E-state index is 6.22. The SMILES string of the molecule is CCCOc1c(Cl)cc(Cl)cc1CCC1OC1CC. The first kappa shape index (κ1) is 15.0. The second-order valence-corrected chi connectivity index (χ2v) is 5.73. The summed E-state index contributed by atoms with van der Waals surface area (Å²) in [6.45, 7) is 4.90. The van der Waals surface area contributed by atoms with E-state index in [-0.39, 0.29) is 0 Å². The first-order valence-corrected chi connectivity index (χ1v) is 7.67. The van der Waals surface area contributed by atoms with Crippen LogP contribution in [0.5, 0.6) is 5.75 Å². The smallest absolute Gasteiger partial charge is 0.141 e. The molecule has 1 aliphatic rings. The number of ether oxygens (including phenoxy) is 2. The molecule has 1 aliphatic heterocycles. The van der Waals surface area contributed by atoms with Crippen molar-refractivity contribution in [1.82, 2.24) is 0 Å². The molecule has 0 amide bonds. The Morgan fingerprint density at radius 1 is 1.21 bits per heavy atom. The summed E-state index contributed by atoms with van der Waals surface area (Å²) in [5.74, 6) is 0.779. The molecule has 1 aromatic carbocycles. The second kappa shape index (κ2) is 6.83. The molecule has 19 heavy (non-hydrogen) atoms. The molecule has 2 nitrogen and oxygen atoms in total. The van der Waals surface area contributed by atoms with Gasteiger partial charge in [0, 0.05) is 5.02 Å². The van der Waals surface area contributed by atoms with Crippen LogP contribution in [0.15, 0.2) is 12.1 Å². The van der Waals surface area contributed by atoms with Gasteiger partial charge in [0.2, 0.25) is 0 Å². The fourth-order valence-corrected chi connectivity index (χ4v) is 2.85. The van der Waals surface area contributed by atoms with E-state index in [2.05, 4.69) is 13.8 Å². The third-order valence-corrected chi connectivity index (χ3v) is 3.82. The van der Waals surface area contributed by atoms with Gasteiger partial charge >= 0.3 is 0 Å². The predicted molar refractivity (Wildman–Crippen MR) is 79.5 cm³/mol. The summed E-state index contributed by atoms with van der Waals surface area (Å²) in [4.78, 5) is 0. The van der Waals surface area contributed by atoms with E-state index in [9.17, 15) is 0 Å². The maximum Gasteiger partial charge on any atom is 0.141 e. The molecule has 0 radical (unpaired) electrons. The number of benzene rings is 1. The van der Waals surface area contributed by atoms with Gasteiger partial charge in [-0.3, -0.25) is 0 Å². The molecular formula is C15H20Cl2O2. The molecule has 2 atom stereocenters. The highest BCUT2D eigenvalue weighted by atomic mass is 35.5. The molecule has 0 aromatic heterocycles. The quantitative estimate of drug-likeness (QED) is 0.669. The van der Waals surface area contributed by atoms with Crippen LogP contribution in [0.4, 0.5) is 0 Å². The zero-order valence-electron chi connectivity index (χ0n) is 11.4. The van der Waals surface area contributed by atoms with Gasteiger partial charge in [-0.05, 0) is 43.4 Å². The van der Waals surface area contributed by atoms with Gasteiger partial charge in [-0.1, -0.05) is 37.0 Å². The van der Waals surface area contributed by atoms with Crippen LogP contribution in [-0.4, -0.2) is 18.8 Å². The number of aryl methyl sites for hydroxylation is 1. The largest absolute Gasteiger partial charge is 0.492 e. The summed E-state index contributed by atoms with van der Waals surface area (Å²) in [7, 11) is 0. The van der Waals surface area contributed by atoms with Gasteiger partial charge in [-0.2, -0.15) is 0 Å². The standard InChI is InChI=1S/C15H20Cl2O2/c1-3-7-18-15-10(8-11(16)9-12(15)17)5-6-14-13(4-2)19-14/h8-9,13-14H,3-7H2,1-2H3. The molecule has 106 valence electrons. The minimum absolute atomic E-state index is 0.391. The van der Waals surface area contributed by atoms with Crippen molar-refractivity contribution in [2.45, 2.75) is 51.7 Å². The Balaban J connectivity index is 2.04. The molecule has 1 saturated heterocycles. The van der Waals surface area contributed by atoms with Crippen molar-refractivity contribution >= 4 is 23.2 Å². The van der Waals surface area contributed by atoms with Crippen LogP contribution in [0, 0.1) is 0 Å². The summed E-state index contributed by atoms with van der Waals surface area (Å²) in [6, 6.07) is 3.68. The van der Waals surface area contributed by atoms with Crippen molar-refractivity contribution in [2.24, 2.45) is 0 Å². The monoisotopic (exact) mass is 302 g/mol. The molecule has 0 saturated carbocycles. The molecule has 2 rings (SSSR count). The molecule has 1 heterocycles. The second-order valence-electron chi connectivity index (χ2n) is 4.88. The molecule has 1 fully saturated rings. The minimum atomic E-state index is 0.391. The molecule has 1 aromatic rings. The Kier molecular flexibility index (Phi) is 5.37. The van der Waals surface area contributed by atoms with E-state index in [1.165, 1.54) is 0 Å². The Bertz CT molecular complexity index is 434. The maximum atomic E-state index is 6.22. The van der Waals surface area contributed by atoms with Gasteiger partial charge in [0.05, 0.1) is 23.8 Å². The number of epoxide rings is 1. The Morgan fingerprint density at radius 2 is 2.00 bits per heavy atom. The lowest BCUT2D eigenvalue weighted by atomic mass is 10.1. The molecular weight excluding hydrogens is 283 g/mol. The number of hydrogen-bond acceptors (Lipinski definition) is 2. The Labute approximate surface area is 125 Å². The summed E-state index contributed by atoms with van der Waals surface area (Å²) < 4.78 is 11.3. The molecule has 4 heteroatoms. The minimum Gasteiger partial charge on any atom is -0.492 e. The third kappa shape index (κ3) is 4.01. The first-order valence-electron chi connectivity index (χ1n) is 6.91. The lowest BCUT2D eigenvalue weighted by Gasteiger charge is -2.13. The highest BCUT2D eigenvalue weighted by Gasteiger charge is 2.36. The molecule has 0 N–H and O–H groups in total. The van der Waals surface area contributed by atoms with E-state index >= 15 is 0 Å². The summed E-state index contributed by atoms with van der Waals surface area (Å²) in [5, 5.41) is 1.26. The summed E-state index contributed by atoms with van der Waals surface area (Å²) in [6.07, 6.45) is 4.76. The van der Waals surface area contributed by atoms with Crippen LogP contribution in [0.3, 0.4) is 0 Å². The number of rotatable bonds is 7. The fraction of sp³-hybridized carbons (Fsp3) is 0.600. The van der Waals surface area contributed by atoms with E-state index in [0.29, 0.717) is 28.9 Å². The van der Waals surface area contributed by atoms with Gasteiger partial charge in [0.15, 0.2) is 0 Å². The Morgan fingerprint density at radius 3 is 2.63 bits per heavy atom. The van der Waals surface area contributed by atoms with E-state index in [1.807, 2.05) is 6.07 Å². The van der Waals surface area contributed by atoms with Gasteiger partial charge in [-0.15, -0.1) is 0 Å². The van der Waals surface area contributed by atoms with Crippen LogP contribution in [0.25, 0.3) is 0 Å². The van der Waals surface area contributed by atoms with E-state index in [0.717, 1.165) is 37.0 Å². The lowest BCUT2D eigenvalue weighted by Crippen LogP contribution is -2.02. The van der Waals surface area contributed by atoms with Gasteiger partial charge in [-0.25, -0.2) is 0 Å². The van der Waals surface area contributed by atoms with Gasteiger partial charge < -0.3 is 9.47 Å². The zero-order valence-corrected chi connectivity index (χ0v) is 12.9. The normalized spacial score (nSPS) is 21.5. The molecule has 0 aliphatic carbocycles. The molecule has 0 spiro atoms. The molecule has 2 unspecified atom stereocenters. The van der Waals surface area contributed by atoms with Crippen LogP contribution in [0.2, 0.25) is 10.0 Å². The van der Waals surface area contributed by atoms with Crippen molar-refractivity contribution in [1.29, 1.82) is 0 Å². The van der Waals surface area contributed by atoms with Crippen molar-refractivity contribution in [2.75, 3.05) is 6.61 Å². The average molecular weight is 303 g/mol. The topological polar surface area (TPSA) is 21.8 Å². The lowest BCUT2D eigenvalue weighted by molar-refractivity contribution is 0.313. The van der Waals surface area contributed by atoms with Gasteiger partial charge in [0.1, 0.15) is 5.75 Å². The van der Waals surface area contributed by atoms with Crippen molar-refractivity contribution in [3.63, 3.8) is 0 Å². The van der Waals surface area contributed by atoms with E-state index in [4.69, 9.17) is 32.7 Å². The van der Waals surface area contributed by atoms with Crippen molar-refractivity contribution in [3.05, 3.63) is 27.7 Å². The summed E-state index contributed by atoms with van der Waals surface area (Å²) in [5.41, 5.74) is 1.08. The van der Waals surface area contributed by atoms with Crippen LogP contribution in [-0.2, 0) is 11.2 Å². The molecule has 0 bridgehead atoms. The van der Waals surface area contributed by atoms with Crippen LogP contribution < -0.4 is 4.74 Å². The van der Waals surface area contributed by atoms with Gasteiger partial charge in [0.25, 0.3) is 0 Å². The first-order chi connectivity index (χ1) is 9.15. The van der Waals surface area contributed by atoms with Crippen LogP contribution in [0.1, 0.15) is 38.7 Å². The fourth-order valence-electron chi connectivity index (χ4n) is 2.26. The predicted octanol–water partition coefficient (Wildman–Crippen LogP) is 4.89. The number of halogens is 2. The Hall–Kier alpha value is -0.440. The average Bonchev–Trinajstić information content (AvgIpc) is 3.13. The van der Waals surface area contributed by atoms with Crippen molar-refractivity contribution in [3.8, 4) is 5.75 Å². The highest BCUT2D eigenvalue weighted by Crippen LogP contribution is 2.36. The third-order valence-electron chi connectivity index (χ3n) is 3.32. The van der Waals surface area contributed by atoms with Crippen molar-refractivity contribution < 1.29 is 9.47 Å². The van der Waals surface area contributed by atoms with E-state index in [1.54, 1.807) is 6.07 Å².